The number of fused-ring (bicyclic) bond motifs is 1. The van der Waals surface area contributed by atoms with Gasteiger partial charge in [0.1, 0.15) is 48.8 Å². The SMILES string of the molecule is CCn1cnc2ccc(N[C@@H]3O[C@H](CO)[C@@H](O[C@@H]4O[C@H](CO)[C@H](O)[C@H](O)[C@H]4O)[C@H](O)[C@H]3O)cc2c1=O. The summed E-state index contributed by atoms with van der Waals surface area (Å²) in [7, 11) is 0. The fourth-order valence-electron chi connectivity index (χ4n) is 4.35. The lowest BCUT2D eigenvalue weighted by atomic mass is 9.96. The fourth-order valence-corrected chi connectivity index (χ4v) is 4.35. The van der Waals surface area contributed by atoms with E-state index in [9.17, 15) is 40.5 Å². The third-order valence-corrected chi connectivity index (χ3v) is 6.48. The molecule has 36 heavy (non-hydrogen) atoms. The van der Waals surface area contributed by atoms with Gasteiger partial charge in [-0.3, -0.25) is 9.36 Å². The second-order valence-corrected chi connectivity index (χ2v) is 8.77. The molecule has 200 valence electrons. The molecule has 1 aromatic carbocycles. The summed E-state index contributed by atoms with van der Waals surface area (Å²) in [6, 6.07) is 4.75. The summed E-state index contributed by atoms with van der Waals surface area (Å²) in [4.78, 5) is 16.8. The number of aliphatic hydroxyl groups is 7. The molecule has 0 bridgehead atoms. The molecule has 0 amide bonds. The monoisotopic (exact) mass is 513 g/mol. The van der Waals surface area contributed by atoms with Crippen LogP contribution in [0.1, 0.15) is 6.92 Å². The predicted octanol–water partition coefficient (Wildman–Crippen LogP) is -3.55. The Morgan fingerprint density at radius 3 is 2.36 bits per heavy atom. The van der Waals surface area contributed by atoms with Crippen LogP contribution in [-0.2, 0) is 20.8 Å². The van der Waals surface area contributed by atoms with E-state index in [1.54, 1.807) is 12.1 Å². The van der Waals surface area contributed by atoms with Crippen molar-refractivity contribution in [2.24, 2.45) is 0 Å². The third-order valence-electron chi connectivity index (χ3n) is 6.48. The van der Waals surface area contributed by atoms with E-state index in [1.807, 2.05) is 6.92 Å². The summed E-state index contributed by atoms with van der Waals surface area (Å²) in [6.45, 7) is 0.899. The van der Waals surface area contributed by atoms with E-state index in [1.165, 1.54) is 17.0 Å². The molecular weight excluding hydrogens is 482 g/mol. The molecule has 4 rings (SSSR count). The van der Waals surface area contributed by atoms with Gasteiger partial charge in [0, 0.05) is 12.2 Å². The van der Waals surface area contributed by atoms with Crippen LogP contribution in [0.25, 0.3) is 10.9 Å². The number of aryl methyl sites for hydroxylation is 1. The molecule has 0 spiro atoms. The van der Waals surface area contributed by atoms with Gasteiger partial charge >= 0.3 is 0 Å². The van der Waals surface area contributed by atoms with Crippen LogP contribution in [0.2, 0.25) is 0 Å². The zero-order valence-corrected chi connectivity index (χ0v) is 19.4. The van der Waals surface area contributed by atoms with Crippen molar-refractivity contribution in [2.75, 3.05) is 18.5 Å². The van der Waals surface area contributed by atoms with E-state index in [2.05, 4.69) is 10.3 Å². The van der Waals surface area contributed by atoms with Gasteiger partial charge in [-0.05, 0) is 25.1 Å². The van der Waals surface area contributed by atoms with E-state index in [-0.39, 0.29) is 5.56 Å². The Hall–Kier alpha value is -2.24. The van der Waals surface area contributed by atoms with Gasteiger partial charge in [-0.25, -0.2) is 4.98 Å². The number of hydrogen-bond acceptors (Lipinski definition) is 13. The quantitative estimate of drug-likeness (QED) is 0.180. The largest absolute Gasteiger partial charge is 0.394 e. The first kappa shape index (κ1) is 26.8. The molecule has 2 aliphatic heterocycles. The van der Waals surface area contributed by atoms with Crippen molar-refractivity contribution in [2.45, 2.75) is 74.8 Å². The van der Waals surface area contributed by atoms with Gasteiger partial charge in [0.25, 0.3) is 5.56 Å². The van der Waals surface area contributed by atoms with Crippen LogP contribution in [0.3, 0.4) is 0 Å². The molecule has 2 fully saturated rings. The number of nitrogens with one attached hydrogen (secondary N) is 1. The van der Waals surface area contributed by atoms with Gasteiger partial charge in [-0.1, -0.05) is 0 Å². The lowest BCUT2D eigenvalue weighted by Crippen LogP contribution is -2.65. The van der Waals surface area contributed by atoms with Crippen molar-refractivity contribution >= 4 is 16.6 Å². The Morgan fingerprint density at radius 1 is 0.972 bits per heavy atom. The highest BCUT2D eigenvalue weighted by atomic mass is 16.7. The fraction of sp³-hybridized carbons (Fsp3) is 0.636. The molecule has 0 saturated carbocycles. The van der Waals surface area contributed by atoms with E-state index < -0.39 is 74.6 Å². The van der Waals surface area contributed by atoms with Crippen molar-refractivity contribution in [3.05, 3.63) is 34.9 Å². The van der Waals surface area contributed by atoms with E-state index in [0.29, 0.717) is 23.1 Å². The van der Waals surface area contributed by atoms with Crippen molar-refractivity contribution in [1.82, 2.24) is 9.55 Å². The molecule has 14 nitrogen and oxygen atoms in total. The maximum Gasteiger partial charge on any atom is 0.261 e. The molecular formula is C22H31N3O11. The number of rotatable bonds is 7. The highest BCUT2D eigenvalue weighted by Gasteiger charge is 2.50. The maximum atomic E-state index is 12.6. The number of ether oxygens (including phenoxy) is 3. The summed E-state index contributed by atoms with van der Waals surface area (Å²) in [5, 5.41) is 74.0. The minimum Gasteiger partial charge on any atom is -0.394 e. The number of hydrogen-bond donors (Lipinski definition) is 8. The van der Waals surface area contributed by atoms with Crippen molar-refractivity contribution in [1.29, 1.82) is 0 Å². The Bertz CT molecular complexity index is 1100. The minimum absolute atomic E-state index is 0.252. The Labute approximate surface area is 204 Å². The molecule has 2 aromatic rings. The molecule has 2 aliphatic rings. The zero-order chi connectivity index (χ0) is 26.1. The van der Waals surface area contributed by atoms with Gasteiger partial charge in [0.15, 0.2) is 12.5 Å². The van der Waals surface area contributed by atoms with Gasteiger partial charge in [0.05, 0.1) is 30.4 Å². The number of anilines is 1. The summed E-state index contributed by atoms with van der Waals surface area (Å²) in [5.41, 5.74) is 0.607. The first-order valence-corrected chi connectivity index (χ1v) is 11.5. The molecule has 8 N–H and O–H groups in total. The summed E-state index contributed by atoms with van der Waals surface area (Å²) in [5.74, 6) is 0. The van der Waals surface area contributed by atoms with Crippen LogP contribution in [0.5, 0.6) is 0 Å². The van der Waals surface area contributed by atoms with E-state index in [4.69, 9.17) is 14.2 Å². The molecule has 0 unspecified atom stereocenters. The second kappa shape index (κ2) is 11.0. The standard InChI is InChI=1S/C22H31N3O11/c1-2-25-8-23-11-4-3-9(5-10(11)21(25)33)24-20-17(31)16(30)19(13(7-27)34-20)36-22-18(32)15(29)14(28)12(6-26)35-22/h3-5,8,12-20,22,24,26-32H,2,6-7H2,1H3/t12-,13-,14+,15+,16-,17-,18-,19-,20-,22+/m1/s1. The van der Waals surface area contributed by atoms with Crippen molar-refractivity contribution < 1.29 is 50.0 Å². The lowest BCUT2D eigenvalue weighted by Gasteiger charge is -2.46. The van der Waals surface area contributed by atoms with Gasteiger partial charge in [-0.15, -0.1) is 0 Å². The van der Waals surface area contributed by atoms with Crippen molar-refractivity contribution in [3.8, 4) is 0 Å². The first-order valence-electron chi connectivity index (χ1n) is 11.5. The molecule has 0 aliphatic carbocycles. The average molecular weight is 514 g/mol. The highest BCUT2D eigenvalue weighted by Crippen LogP contribution is 2.30. The molecule has 2 saturated heterocycles. The molecule has 10 atom stereocenters. The highest BCUT2D eigenvalue weighted by molar-refractivity contribution is 5.81. The predicted molar refractivity (Wildman–Crippen MR) is 122 cm³/mol. The molecule has 3 heterocycles. The third kappa shape index (κ3) is 4.97. The lowest BCUT2D eigenvalue weighted by molar-refractivity contribution is -0.340. The maximum absolute atomic E-state index is 12.6. The minimum atomic E-state index is -1.75. The summed E-state index contributed by atoms with van der Waals surface area (Å²) < 4.78 is 18.0. The van der Waals surface area contributed by atoms with Crippen LogP contribution in [0.4, 0.5) is 5.69 Å². The Morgan fingerprint density at radius 2 is 1.69 bits per heavy atom. The van der Waals surface area contributed by atoms with Crippen LogP contribution in [0, 0.1) is 0 Å². The van der Waals surface area contributed by atoms with Crippen LogP contribution >= 0.6 is 0 Å². The van der Waals surface area contributed by atoms with Gasteiger partial charge in [0.2, 0.25) is 0 Å². The summed E-state index contributed by atoms with van der Waals surface area (Å²) in [6.07, 6.45) is -13.6. The zero-order valence-electron chi connectivity index (χ0n) is 19.4. The molecule has 0 radical (unpaired) electrons. The smallest absolute Gasteiger partial charge is 0.261 e. The van der Waals surface area contributed by atoms with Crippen LogP contribution in [0.15, 0.2) is 29.3 Å². The Kier molecular flexibility index (Phi) is 8.21. The number of aromatic nitrogens is 2. The normalized spacial score (nSPS) is 37.2. The molecule has 14 heteroatoms. The van der Waals surface area contributed by atoms with Gasteiger partial charge in [-0.2, -0.15) is 0 Å². The Balaban J connectivity index is 1.51. The topological polar surface area (TPSA) is 216 Å². The summed E-state index contributed by atoms with van der Waals surface area (Å²) >= 11 is 0. The average Bonchev–Trinajstić information content (AvgIpc) is 2.88. The van der Waals surface area contributed by atoms with E-state index in [0.717, 1.165) is 0 Å². The molecule has 1 aromatic heterocycles. The number of nitrogens with zero attached hydrogens (tertiary/aromatic N) is 2. The number of aliphatic hydroxyl groups excluding tert-OH is 7. The number of benzene rings is 1. The van der Waals surface area contributed by atoms with E-state index >= 15 is 0 Å². The first-order chi connectivity index (χ1) is 17.2. The van der Waals surface area contributed by atoms with Gasteiger partial charge < -0.3 is 55.3 Å². The second-order valence-electron chi connectivity index (χ2n) is 8.77. The van der Waals surface area contributed by atoms with Crippen LogP contribution < -0.4 is 10.9 Å². The van der Waals surface area contributed by atoms with Crippen LogP contribution in [-0.4, -0.2) is 120 Å². The van der Waals surface area contributed by atoms with Crippen molar-refractivity contribution in [3.63, 3.8) is 0 Å².